The molecule has 1 aromatic carbocycles. The number of hydrogen-bond donors (Lipinski definition) is 1. The van der Waals surface area contributed by atoms with Crippen LogP contribution in [0.1, 0.15) is 29.8 Å². The first kappa shape index (κ1) is 12.4. The quantitative estimate of drug-likeness (QED) is 0.891. The number of benzene rings is 1. The Kier molecular flexibility index (Phi) is 3.81. The van der Waals surface area contributed by atoms with E-state index in [1.54, 1.807) is 0 Å². The Morgan fingerprint density at radius 1 is 1.33 bits per heavy atom. The fourth-order valence-corrected chi connectivity index (χ4v) is 2.05. The second kappa shape index (κ2) is 5.52. The van der Waals surface area contributed by atoms with Crippen LogP contribution in [0.3, 0.4) is 0 Å². The van der Waals surface area contributed by atoms with E-state index in [1.807, 2.05) is 25.2 Å². The molecule has 0 spiro atoms. The highest BCUT2D eigenvalue weighted by molar-refractivity contribution is 5.33. The van der Waals surface area contributed by atoms with Gasteiger partial charge in [-0.3, -0.25) is 0 Å². The molecule has 0 aliphatic heterocycles. The Morgan fingerprint density at radius 3 is 2.89 bits per heavy atom. The van der Waals surface area contributed by atoms with Crippen molar-refractivity contribution in [3.05, 3.63) is 59.4 Å². The Morgan fingerprint density at radius 2 is 2.17 bits per heavy atom. The van der Waals surface area contributed by atoms with E-state index in [2.05, 4.69) is 47.3 Å². The summed E-state index contributed by atoms with van der Waals surface area (Å²) >= 11 is 0. The van der Waals surface area contributed by atoms with E-state index in [0.717, 1.165) is 12.1 Å². The number of nitriles is 1. The molecule has 0 saturated carbocycles. The molecule has 0 bridgehead atoms. The summed E-state index contributed by atoms with van der Waals surface area (Å²) in [5, 5.41) is 12.1. The molecule has 0 aliphatic carbocycles. The molecule has 0 saturated heterocycles. The van der Waals surface area contributed by atoms with Crippen molar-refractivity contribution in [2.45, 2.75) is 19.5 Å². The van der Waals surface area contributed by atoms with Crippen molar-refractivity contribution < 1.29 is 0 Å². The predicted molar refractivity (Wildman–Crippen MR) is 72.2 cm³/mol. The van der Waals surface area contributed by atoms with Crippen LogP contribution < -0.4 is 5.32 Å². The first-order valence-corrected chi connectivity index (χ1v) is 6.06. The van der Waals surface area contributed by atoms with Crippen LogP contribution in [-0.4, -0.2) is 11.6 Å². The smallest absolute Gasteiger partial charge is 0.0991 e. The van der Waals surface area contributed by atoms with Crippen LogP contribution >= 0.6 is 0 Å². The molecule has 3 heteroatoms. The third kappa shape index (κ3) is 2.61. The zero-order valence-corrected chi connectivity index (χ0v) is 10.7. The van der Waals surface area contributed by atoms with E-state index in [1.165, 1.54) is 5.69 Å². The van der Waals surface area contributed by atoms with Gasteiger partial charge in [-0.25, -0.2) is 0 Å². The molecule has 1 N–H and O–H groups in total. The molecule has 92 valence electrons. The third-order valence-corrected chi connectivity index (χ3v) is 3.15. The van der Waals surface area contributed by atoms with Gasteiger partial charge in [0.15, 0.2) is 0 Å². The zero-order valence-electron chi connectivity index (χ0n) is 10.7. The fourth-order valence-electron chi connectivity index (χ4n) is 2.05. The molecule has 2 aromatic rings. The Hall–Kier alpha value is -2.05. The minimum atomic E-state index is 0.319. The summed E-state index contributed by atoms with van der Waals surface area (Å²) in [6.07, 6.45) is 2.07. The first-order valence-electron chi connectivity index (χ1n) is 6.06. The van der Waals surface area contributed by atoms with Crippen LogP contribution in [0.5, 0.6) is 0 Å². The van der Waals surface area contributed by atoms with E-state index >= 15 is 0 Å². The van der Waals surface area contributed by atoms with Gasteiger partial charge in [0.1, 0.15) is 0 Å². The molecule has 0 aliphatic rings. The van der Waals surface area contributed by atoms with Gasteiger partial charge < -0.3 is 9.88 Å². The summed E-state index contributed by atoms with van der Waals surface area (Å²) in [5.41, 5.74) is 3.11. The first-order chi connectivity index (χ1) is 8.74. The van der Waals surface area contributed by atoms with Gasteiger partial charge >= 0.3 is 0 Å². The minimum absolute atomic E-state index is 0.319. The Labute approximate surface area is 108 Å². The monoisotopic (exact) mass is 239 g/mol. The van der Waals surface area contributed by atoms with E-state index in [0.29, 0.717) is 11.6 Å². The van der Waals surface area contributed by atoms with Crippen molar-refractivity contribution in [3.8, 4) is 6.07 Å². The van der Waals surface area contributed by atoms with Crippen LogP contribution in [0.4, 0.5) is 0 Å². The summed E-state index contributed by atoms with van der Waals surface area (Å²) in [6.45, 7) is 2.93. The largest absolute Gasteiger partial charge is 0.346 e. The van der Waals surface area contributed by atoms with Crippen molar-refractivity contribution in [1.29, 1.82) is 5.26 Å². The van der Waals surface area contributed by atoms with E-state index in [-0.39, 0.29) is 0 Å². The van der Waals surface area contributed by atoms with Crippen LogP contribution in [0.25, 0.3) is 0 Å². The molecule has 1 aromatic heterocycles. The maximum atomic E-state index is 8.90. The van der Waals surface area contributed by atoms with E-state index in [4.69, 9.17) is 5.26 Å². The molecule has 1 atom stereocenters. The number of hydrogen-bond acceptors (Lipinski definition) is 2. The Bertz CT molecular complexity index is 563. The summed E-state index contributed by atoms with van der Waals surface area (Å²) in [5.74, 6) is 0. The maximum absolute atomic E-state index is 8.90. The van der Waals surface area contributed by atoms with Crippen LogP contribution in [0.15, 0.2) is 42.6 Å². The lowest BCUT2D eigenvalue weighted by molar-refractivity contribution is 0.589. The molecule has 0 radical (unpaired) electrons. The van der Waals surface area contributed by atoms with Gasteiger partial charge in [-0.2, -0.15) is 5.26 Å². The zero-order chi connectivity index (χ0) is 13.0. The number of nitrogens with one attached hydrogen (secondary N) is 1. The molecule has 0 amide bonds. The normalized spacial score (nSPS) is 12.1. The second-order valence-corrected chi connectivity index (χ2v) is 4.38. The number of nitrogens with zero attached hydrogens (tertiary/aromatic N) is 2. The summed E-state index contributed by atoms with van der Waals surface area (Å²) < 4.78 is 2.21. The predicted octanol–water partition coefficient (Wildman–Crippen LogP) is 2.69. The maximum Gasteiger partial charge on any atom is 0.0991 e. The molecular formula is C15H17N3. The van der Waals surface area contributed by atoms with Crippen molar-refractivity contribution in [1.82, 2.24) is 9.88 Å². The standard InChI is InChI=1S/C15H17N3/c1-12(17-2)15-7-4-8-18(15)11-14-6-3-5-13(9-14)10-16/h3-9,12,17H,11H2,1-2H3. The lowest BCUT2D eigenvalue weighted by Crippen LogP contribution is -2.16. The van der Waals surface area contributed by atoms with Crippen molar-refractivity contribution in [2.75, 3.05) is 7.05 Å². The molecule has 2 rings (SSSR count). The van der Waals surface area contributed by atoms with E-state index < -0.39 is 0 Å². The summed E-state index contributed by atoms with van der Waals surface area (Å²) in [4.78, 5) is 0. The highest BCUT2D eigenvalue weighted by Crippen LogP contribution is 2.15. The average molecular weight is 239 g/mol. The molecular weight excluding hydrogens is 222 g/mol. The van der Waals surface area contributed by atoms with Gasteiger partial charge in [0, 0.05) is 24.5 Å². The van der Waals surface area contributed by atoms with Gasteiger partial charge in [0.2, 0.25) is 0 Å². The molecule has 3 nitrogen and oxygen atoms in total. The lowest BCUT2D eigenvalue weighted by Gasteiger charge is -2.15. The van der Waals surface area contributed by atoms with Gasteiger partial charge in [-0.1, -0.05) is 12.1 Å². The second-order valence-electron chi connectivity index (χ2n) is 4.38. The van der Waals surface area contributed by atoms with Crippen LogP contribution in [-0.2, 0) is 6.54 Å². The SMILES string of the molecule is CNC(C)c1cccn1Cc1cccc(C#N)c1. The van der Waals surface area contributed by atoms with Crippen molar-refractivity contribution in [3.63, 3.8) is 0 Å². The van der Waals surface area contributed by atoms with Crippen LogP contribution in [0, 0.1) is 11.3 Å². The summed E-state index contributed by atoms with van der Waals surface area (Å²) in [6, 6.07) is 14.4. The number of aromatic nitrogens is 1. The minimum Gasteiger partial charge on any atom is -0.346 e. The highest BCUT2D eigenvalue weighted by atomic mass is 15.0. The Balaban J connectivity index is 2.24. The molecule has 18 heavy (non-hydrogen) atoms. The van der Waals surface area contributed by atoms with Gasteiger partial charge in [-0.05, 0) is 43.8 Å². The van der Waals surface area contributed by atoms with Crippen LogP contribution in [0.2, 0.25) is 0 Å². The molecule has 1 heterocycles. The third-order valence-electron chi connectivity index (χ3n) is 3.15. The lowest BCUT2D eigenvalue weighted by atomic mass is 10.1. The molecule has 0 fully saturated rings. The highest BCUT2D eigenvalue weighted by Gasteiger charge is 2.08. The average Bonchev–Trinajstić information content (AvgIpc) is 2.86. The molecule has 1 unspecified atom stereocenters. The van der Waals surface area contributed by atoms with E-state index in [9.17, 15) is 0 Å². The van der Waals surface area contributed by atoms with Gasteiger partial charge in [0.25, 0.3) is 0 Å². The summed E-state index contributed by atoms with van der Waals surface area (Å²) in [7, 11) is 1.96. The van der Waals surface area contributed by atoms with Crippen molar-refractivity contribution in [2.24, 2.45) is 0 Å². The van der Waals surface area contributed by atoms with Gasteiger partial charge in [-0.15, -0.1) is 0 Å². The topological polar surface area (TPSA) is 40.8 Å². The van der Waals surface area contributed by atoms with Crippen molar-refractivity contribution >= 4 is 0 Å². The van der Waals surface area contributed by atoms with Gasteiger partial charge in [0.05, 0.1) is 11.6 Å². The fraction of sp³-hybridized carbons (Fsp3) is 0.267. The number of rotatable bonds is 4.